The van der Waals surface area contributed by atoms with Crippen LogP contribution in [-0.2, 0) is 62.3 Å². The number of carbonyl (C=O) groups excluding carboxylic acids is 12. The molecule has 0 aromatic heterocycles. The maximum absolute atomic E-state index is 15.8. The Hall–Kier alpha value is -6.58. The standard InChI is InChI=1S/C77H122ClF3N12O13/c1-14-23-56-66(97)83-64(50-24-18-19-25-50)72(103)87(9)44-63(96)89(11)57-28-17-16-22-37-92(71(57)102)60(39-49-31-29-47(3)30-32-49)70(101)86(8)43-61(94)82-55(36-34-48-33-35-53(54(78)38-48)77(79,80)81)68(99)93-42-52(106-15-2)40-58(93)67(98)84-76(45-75(4,5)46-76)74(105)91(13)65(51-26-20-21-27-51)73(104)90(12)59(69(100)85(6)7)41-62(95)88(56)10/h16-17,47-60,64-65H,14-15,18-46H2,1-13H3,(H,82,94)(H,83,97)(H,84,98)/b17-16-/t47?,48?,49?,52-,53?,54?,55+,56+,57+,58+,59+,60+,64+,65+/m1/s1. The van der Waals surface area contributed by atoms with Crippen molar-refractivity contribution in [2.75, 3.05) is 89.2 Å². The van der Waals surface area contributed by atoms with Crippen molar-refractivity contribution in [3.8, 4) is 0 Å². The molecule has 8 aliphatic rings. The van der Waals surface area contributed by atoms with Crippen molar-refractivity contribution in [1.82, 2.24) is 60.0 Å². The number of nitrogens with one attached hydrogen (secondary N) is 3. The van der Waals surface area contributed by atoms with Crippen LogP contribution in [0.1, 0.15) is 202 Å². The average molecular weight is 1520 g/mol. The predicted molar refractivity (Wildman–Crippen MR) is 392 cm³/mol. The van der Waals surface area contributed by atoms with Crippen LogP contribution in [0.4, 0.5) is 13.2 Å². The van der Waals surface area contributed by atoms with Crippen LogP contribution < -0.4 is 16.0 Å². The molecule has 12 amide bonds. The van der Waals surface area contributed by atoms with Crippen molar-refractivity contribution in [2.24, 2.45) is 40.9 Å². The van der Waals surface area contributed by atoms with E-state index in [1.807, 2.05) is 26.8 Å². The molecule has 25 nitrogen and oxygen atoms in total. The Labute approximate surface area is 630 Å². The molecule has 29 heteroatoms. The summed E-state index contributed by atoms with van der Waals surface area (Å²) in [5, 5.41) is 7.72. The van der Waals surface area contributed by atoms with Gasteiger partial charge < -0.3 is 64.8 Å². The van der Waals surface area contributed by atoms with Gasteiger partial charge in [0.15, 0.2) is 0 Å². The first-order chi connectivity index (χ1) is 49.9. The van der Waals surface area contributed by atoms with Crippen LogP contribution >= 0.6 is 11.6 Å². The van der Waals surface area contributed by atoms with Gasteiger partial charge in [0.2, 0.25) is 70.9 Å². The molecular formula is C77H122ClF3N12O13. The van der Waals surface area contributed by atoms with Gasteiger partial charge >= 0.3 is 6.18 Å². The Morgan fingerprint density at radius 2 is 1.26 bits per heavy atom. The fourth-order valence-corrected chi connectivity index (χ4v) is 19.1. The summed E-state index contributed by atoms with van der Waals surface area (Å²) in [5.74, 6) is -10.1. The monoisotopic (exact) mass is 1510 g/mol. The first kappa shape index (κ1) is 85.0. The van der Waals surface area contributed by atoms with Crippen LogP contribution in [0, 0.1) is 40.9 Å². The minimum Gasteiger partial charge on any atom is -0.377 e. The molecule has 0 aromatic rings. The zero-order chi connectivity index (χ0) is 78.0. The van der Waals surface area contributed by atoms with E-state index in [1.54, 1.807) is 13.0 Å². The minimum atomic E-state index is -4.53. The molecule has 1 spiro atoms. The smallest absolute Gasteiger partial charge is 0.377 e. The Morgan fingerprint density at radius 1 is 0.642 bits per heavy atom. The van der Waals surface area contributed by atoms with E-state index in [9.17, 15) is 41.9 Å². The summed E-state index contributed by atoms with van der Waals surface area (Å²) in [6.07, 6.45) is 7.68. The summed E-state index contributed by atoms with van der Waals surface area (Å²) in [5.41, 5.74) is -2.16. The largest absolute Gasteiger partial charge is 0.393 e. The Kier molecular flexibility index (Phi) is 29.5. The highest BCUT2D eigenvalue weighted by Gasteiger charge is 2.60. The number of hydrogen-bond donors (Lipinski definition) is 3. The maximum Gasteiger partial charge on any atom is 0.393 e. The van der Waals surface area contributed by atoms with Gasteiger partial charge in [0.25, 0.3) is 0 Å². The van der Waals surface area contributed by atoms with E-state index in [0.717, 1.165) is 51.4 Å². The highest BCUT2D eigenvalue weighted by atomic mass is 35.5. The third-order valence-electron chi connectivity index (χ3n) is 24.6. The molecule has 5 saturated carbocycles. The number of halogens is 4. The van der Waals surface area contributed by atoms with Gasteiger partial charge in [-0.3, -0.25) is 57.5 Å². The summed E-state index contributed by atoms with van der Waals surface area (Å²) in [6, 6.07) is -9.96. The van der Waals surface area contributed by atoms with E-state index < -0.39 is 185 Å². The van der Waals surface area contributed by atoms with Crippen LogP contribution in [0.3, 0.4) is 0 Å². The normalized spacial score (nSPS) is 32.6. The number of nitrogens with zero attached hydrogens (tertiary/aromatic N) is 9. The average Bonchev–Trinajstić information content (AvgIpc) is 0.950. The van der Waals surface area contributed by atoms with Crippen molar-refractivity contribution in [1.29, 1.82) is 0 Å². The van der Waals surface area contributed by atoms with Crippen molar-refractivity contribution < 1.29 is 75.4 Å². The van der Waals surface area contributed by atoms with E-state index >= 15 is 28.8 Å². The summed E-state index contributed by atoms with van der Waals surface area (Å²) < 4.78 is 48.6. The van der Waals surface area contributed by atoms with Gasteiger partial charge in [-0.15, -0.1) is 11.6 Å². The zero-order valence-electron chi connectivity index (χ0n) is 65.2. The van der Waals surface area contributed by atoms with Crippen LogP contribution in [0.5, 0.6) is 0 Å². The zero-order valence-corrected chi connectivity index (χ0v) is 65.9. The lowest BCUT2D eigenvalue weighted by Crippen LogP contribution is -2.71. The van der Waals surface area contributed by atoms with Crippen molar-refractivity contribution >= 4 is 82.5 Å². The molecule has 3 aliphatic heterocycles. The lowest BCUT2D eigenvalue weighted by molar-refractivity contribution is -0.182. The first-order valence-electron chi connectivity index (χ1n) is 39.2. The van der Waals surface area contributed by atoms with Crippen LogP contribution in [0.15, 0.2) is 12.2 Å². The number of amides is 12. The molecule has 12 atom stereocenters. The quantitative estimate of drug-likeness (QED) is 0.136. The fourth-order valence-electron chi connectivity index (χ4n) is 18.6. The second kappa shape index (κ2) is 36.8. The molecule has 0 radical (unpaired) electrons. The molecular weight excluding hydrogens is 1390 g/mol. The van der Waals surface area contributed by atoms with Crippen LogP contribution in [0.2, 0.25) is 0 Å². The number of fused-ring (bicyclic) bond motifs is 3. The Bertz CT molecular complexity index is 3190. The van der Waals surface area contributed by atoms with Crippen LogP contribution in [0.25, 0.3) is 0 Å². The molecule has 8 rings (SSSR count). The predicted octanol–water partition coefficient (Wildman–Crippen LogP) is 6.66. The minimum absolute atomic E-state index is 0.00123. The highest BCUT2D eigenvalue weighted by Crippen LogP contribution is 2.50. The van der Waals surface area contributed by atoms with E-state index in [2.05, 4.69) is 22.9 Å². The number of hydrogen-bond acceptors (Lipinski definition) is 13. The first-order valence-corrected chi connectivity index (χ1v) is 39.6. The van der Waals surface area contributed by atoms with Gasteiger partial charge in [-0.1, -0.05) is 97.6 Å². The second-order valence-electron chi connectivity index (χ2n) is 33.4. The molecule has 596 valence electrons. The SMILES string of the molecule is CCC[C@H]1C(=O)N[C@@H](C2CCCC2)C(=O)N(C)CC(=O)N(C)[C@H]2C/C=C\CCN(C2=O)[C@@H](CC2CCC(C)CC2)C(=O)N(C)CC(=O)N[C@@H](CCC2CCC(C(F)(F)F)C(Cl)C2)C(=O)N2C[C@H](OCC)C[C@H]2C(=O)NC2(CC(C)(C)C2)C(=O)N(C)[C@@H](C2CCCC2)C(=O)N(C)[C@H](C(=O)N(C)C)CC(=O)N1C. The van der Waals surface area contributed by atoms with Crippen molar-refractivity contribution in [3.63, 3.8) is 0 Å². The molecule has 5 aliphatic carbocycles. The molecule has 0 aromatic carbocycles. The highest BCUT2D eigenvalue weighted by molar-refractivity contribution is 6.21. The third-order valence-corrected chi connectivity index (χ3v) is 25.1. The molecule has 3 heterocycles. The van der Waals surface area contributed by atoms with Gasteiger partial charge in [0.05, 0.1) is 31.5 Å². The van der Waals surface area contributed by atoms with Gasteiger partial charge in [0, 0.05) is 87.9 Å². The summed E-state index contributed by atoms with van der Waals surface area (Å²) in [7, 11) is 11.7. The maximum atomic E-state index is 15.8. The van der Waals surface area contributed by atoms with Crippen molar-refractivity contribution in [3.05, 3.63) is 12.2 Å². The summed E-state index contributed by atoms with van der Waals surface area (Å²) >= 11 is 6.47. The molecule has 3 unspecified atom stereocenters. The number of likely N-dealkylation sites (N-methyl/N-ethyl adjacent to an activating group) is 7. The van der Waals surface area contributed by atoms with Gasteiger partial charge in [-0.2, -0.15) is 13.2 Å². The molecule has 2 saturated heterocycles. The van der Waals surface area contributed by atoms with E-state index in [0.29, 0.717) is 44.4 Å². The lowest BCUT2D eigenvalue weighted by Gasteiger charge is -2.54. The Morgan fingerprint density at radius 3 is 1.86 bits per heavy atom. The topological polar surface area (TPSA) is 279 Å². The summed E-state index contributed by atoms with van der Waals surface area (Å²) in [6.45, 7) is 8.62. The van der Waals surface area contributed by atoms with E-state index in [-0.39, 0.29) is 102 Å². The molecule has 2 bridgehead atoms. The number of carbonyl (C=O) groups is 12. The van der Waals surface area contributed by atoms with Crippen molar-refractivity contribution in [2.45, 2.75) is 273 Å². The van der Waals surface area contributed by atoms with Gasteiger partial charge in [-0.25, -0.2) is 0 Å². The Balaban J connectivity index is 1.20. The van der Waals surface area contributed by atoms with E-state index in [1.165, 1.54) is 100 Å². The van der Waals surface area contributed by atoms with Crippen LogP contribution in [-0.4, -0.2) is 276 Å². The second-order valence-corrected chi connectivity index (χ2v) is 34.0. The molecule has 7 fully saturated rings. The van der Waals surface area contributed by atoms with E-state index in [4.69, 9.17) is 16.3 Å². The fraction of sp³-hybridized carbons (Fsp3) is 0.818. The number of rotatable bonds is 12. The number of ether oxygens (including phenoxy) is 1. The summed E-state index contributed by atoms with van der Waals surface area (Å²) in [4.78, 5) is 194. The van der Waals surface area contributed by atoms with Gasteiger partial charge in [0.1, 0.15) is 53.9 Å². The third kappa shape index (κ3) is 20.5. The molecule has 3 N–H and O–H groups in total. The molecule has 106 heavy (non-hydrogen) atoms. The lowest BCUT2D eigenvalue weighted by atomic mass is 9.58. The van der Waals surface area contributed by atoms with Gasteiger partial charge in [-0.05, 0) is 138 Å². The number of alkyl halides is 4.